The van der Waals surface area contributed by atoms with Crippen LogP contribution >= 0.6 is 0 Å². The average Bonchev–Trinajstić information content (AvgIpc) is 2.57. The standard InChI is InChI=1S/C19H31N3O2/c1-16-8-6-10-18(14-16)24-13-7-12-22(3)19(23)20-15-17-9-4-5-11-21(17)2/h6,8,10,14,17H,4-5,7,9,11-13,15H2,1-3H3,(H,20,23). The Morgan fingerprint density at radius 2 is 2.25 bits per heavy atom. The average molecular weight is 333 g/mol. The Labute approximate surface area is 146 Å². The molecule has 0 radical (unpaired) electrons. The summed E-state index contributed by atoms with van der Waals surface area (Å²) < 4.78 is 5.72. The van der Waals surface area contributed by atoms with Gasteiger partial charge < -0.3 is 19.9 Å². The second kappa shape index (κ2) is 9.52. The van der Waals surface area contributed by atoms with Crippen LogP contribution in [0.15, 0.2) is 24.3 Å². The highest BCUT2D eigenvalue weighted by Crippen LogP contribution is 2.14. The van der Waals surface area contributed by atoms with E-state index in [4.69, 9.17) is 4.74 Å². The van der Waals surface area contributed by atoms with Crippen LogP contribution in [0.25, 0.3) is 0 Å². The van der Waals surface area contributed by atoms with Gasteiger partial charge in [0, 0.05) is 26.2 Å². The number of nitrogens with one attached hydrogen (secondary N) is 1. The van der Waals surface area contributed by atoms with E-state index in [9.17, 15) is 4.79 Å². The van der Waals surface area contributed by atoms with Gasteiger partial charge in [0.15, 0.2) is 0 Å². The van der Waals surface area contributed by atoms with E-state index < -0.39 is 0 Å². The molecule has 2 amide bonds. The number of likely N-dealkylation sites (tertiary alicyclic amines) is 1. The summed E-state index contributed by atoms with van der Waals surface area (Å²) in [6, 6.07) is 8.51. The summed E-state index contributed by atoms with van der Waals surface area (Å²) in [6.07, 6.45) is 4.52. The third-order valence-electron chi connectivity index (χ3n) is 4.65. The molecule has 1 fully saturated rings. The molecule has 1 aliphatic rings. The minimum atomic E-state index is 0.00419. The van der Waals surface area contributed by atoms with Gasteiger partial charge in [-0.05, 0) is 57.5 Å². The van der Waals surface area contributed by atoms with Crippen LogP contribution < -0.4 is 10.1 Å². The highest BCUT2D eigenvalue weighted by Gasteiger charge is 2.19. The first kappa shape index (κ1) is 18.6. The highest BCUT2D eigenvalue weighted by atomic mass is 16.5. The van der Waals surface area contributed by atoms with Crippen LogP contribution in [0.3, 0.4) is 0 Å². The van der Waals surface area contributed by atoms with E-state index in [0.717, 1.165) is 25.3 Å². The number of hydrogen-bond acceptors (Lipinski definition) is 3. The molecule has 1 aromatic rings. The van der Waals surface area contributed by atoms with E-state index in [1.807, 2.05) is 25.2 Å². The molecule has 5 nitrogen and oxygen atoms in total. The lowest BCUT2D eigenvalue weighted by atomic mass is 10.0. The van der Waals surface area contributed by atoms with Crippen molar-refractivity contribution in [1.82, 2.24) is 15.1 Å². The molecule has 1 aliphatic heterocycles. The van der Waals surface area contributed by atoms with Crippen molar-refractivity contribution in [3.63, 3.8) is 0 Å². The Morgan fingerprint density at radius 1 is 1.42 bits per heavy atom. The Bertz CT molecular complexity index is 521. The molecule has 0 bridgehead atoms. The fraction of sp³-hybridized carbons (Fsp3) is 0.632. The zero-order valence-corrected chi connectivity index (χ0v) is 15.3. The van der Waals surface area contributed by atoms with Crippen molar-refractivity contribution >= 4 is 6.03 Å². The largest absolute Gasteiger partial charge is 0.494 e. The third kappa shape index (κ3) is 6.04. The summed E-state index contributed by atoms with van der Waals surface area (Å²) in [6.45, 7) is 5.23. The summed E-state index contributed by atoms with van der Waals surface area (Å²) in [5, 5.41) is 3.05. The molecule has 1 heterocycles. The van der Waals surface area contributed by atoms with Crippen molar-refractivity contribution in [2.75, 3.05) is 40.3 Å². The van der Waals surface area contributed by atoms with E-state index in [0.29, 0.717) is 19.2 Å². The van der Waals surface area contributed by atoms with Crippen LogP contribution in [-0.2, 0) is 0 Å². The molecule has 0 saturated carbocycles. The Balaban J connectivity index is 1.61. The molecule has 0 aliphatic carbocycles. The lowest BCUT2D eigenvalue weighted by Crippen LogP contribution is -2.47. The number of hydrogen-bond donors (Lipinski definition) is 1. The lowest BCUT2D eigenvalue weighted by Gasteiger charge is -2.33. The SMILES string of the molecule is Cc1cccc(OCCCN(C)C(=O)NCC2CCCCN2C)c1. The van der Waals surface area contributed by atoms with E-state index in [1.165, 1.54) is 24.8 Å². The second-order valence-corrected chi connectivity index (χ2v) is 6.76. The summed E-state index contributed by atoms with van der Waals surface area (Å²) in [4.78, 5) is 16.2. The topological polar surface area (TPSA) is 44.8 Å². The second-order valence-electron chi connectivity index (χ2n) is 6.76. The molecule has 0 spiro atoms. The number of piperidine rings is 1. The van der Waals surface area contributed by atoms with Gasteiger partial charge in [-0.3, -0.25) is 0 Å². The van der Waals surface area contributed by atoms with Gasteiger partial charge in [-0.25, -0.2) is 4.79 Å². The molecule has 0 aromatic heterocycles. The van der Waals surface area contributed by atoms with Crippen molar-refractivity contribution < 1.29 is 9.53 Å². The van der Waals surface area contributed by atoms with Crippen LogP contribution in [0.4, 0.5) is 4.79 Å². The molecule has 134 valence electrons. The first-order chi connectivity index (χ1) is 11.6. The summed E-state index contributed by atoms with van der Waals surface area (Å²) in [5.41, 5.74) is 1.19. The van der Waals surface area contributed by atoms with Gasteiger partial charge in [0.05, 0.1) is 6.61 Å². The van der Waals surface area contributed by atoms with Crippen molar-refractivity contribution in [2.45, 2.75) is 38.6 Å². The third-order valence-corrected chi connectivity index (χ3v) is 4.65. The molecule has 1 aromatic carbocycles. The minimum Gasteiger partial charge on any atom is -0.494 e. The number of aryl methyl sites for hydroxylation is 1. The van der Waals surface area contributed by atoms with Crippen LogP contribution in [0.2, 0.25) is 0 Å². The summed E-state index contributed by atoms with van der Waals surface area (Å²) in [7, 11) is 3.98. The summed E-state index contributed by atoms with van der Waals surface area (Å²) >= 11 is 0. The monoisotopic (exact) mass is 333 g/mol. The van der Waals surface area contributed by atoms with Crippen molar-refractivity contribution in [3.8, 4) is 5.75 Å². The molecule has 2 rings (SSSR count). The summed E-state index contributed by atoms with van der Waals surface area (Å²) in [5.74, 6) is 0.891. The van der Waals surface area contributed by atoms with Gasteiger partial charge in [0.25, 0.3) is 0 Å². The molecular weight excluding hydrogens is 302 g/mol. The Morgan fingerprint density at radius 3 is 3.00 bits per heavy atom. The lowest BCUT2D eigenvalue weighted by molar-refractivity contribution is 0.171. The molecule has 24 heavy (non-hydrogen) atoms. The van der Waals surface area contributed by atoms with E-state index >= 15 is 0 Å². The normalized spacial score (nSPS) is 18.2. The zero-order valence-electron chi connectivity index (χ0n) is 15.3. The molecule has 1 saturated heterocycles. The van der Waals surface area contributed by atoms with Crippen LogP contribution in [0, 0.1) is 6.92 Å². The van der Waals surface area contributed by atoms with E-state index in [2.05, 4.69) is 30.3 Å². The molecule has 5 heteroatoms. The van der Waals surface area contributed by atoms with Gasteiger partial charge in [-0.1, -0.05) is 18.6 Å². The zero-order chi connectivity index (χ0) is 17.4. The number of rotatable bonds is 7. The van der Waals surface area contributed by atoms with Gasteiger partial charge in [0.2, 0.25) is 0 Å². The number of benzene rings is 1. The molecular formula is C19H31N3O2. The number of carbonyl (C=O) groups excluding carboxylic acids is 1. The first-order valence-electron chi connectivity index (χ1n) is 8.95. The number of urea groups is 1. The number of carbonyl (C=O) groups is 1. The Kier molecular flexibility index (Phi) is 7.37. The quantitative estimate of drug-likeness (QED) is 0.781. The van der Waals surface area contributed by atoms with Crippen LogP contribution in [-0.4, -0.2) is 62.2 Å². The van der Waals surface area contributed by atoms with Gasteiger partial charge in [-0.15, -0.1) is 0 Å². The van der Waals surface area contributed by atoms with Gasteiger partial charge >= 0.3 is 6.03 Å². The molecule has 1 atom stereocenters. The highest BCUT2D eigenvalue weighted by molar-refractivity contribution is 5.73. The van der Waals surface area contributed by atoms with E-state index in [-0.39, 0.29) is 6.03 Å². The van der Waals surface area contributed by atoms with Crippen LogP contribution in [0.5, 0.6) is 5.75 Å². The maximum atomic E-state index is 12.2. The minimum absolute atomic E-state index is 0.00419. The van der Waals surface area contributed by atoms with Crippen LogP contribution in [0.1, 0.15) is 31.2 Å². The molecule has 1 N–H and O–H groups in total. The maximum absolute atomic E-state index is 12.2. The Hall–Kier alpha value is -1.75. The number of likely N-dealkylation sites (N-methyl/N-ethyl adjacent to an activating group) is 1. The number of ether oxygens (including phenoxy) is 1. The van der Waals surface area contributed by atoms with E-state index in [1.54, 1.807) is 4.90 Å². The number of nitrogens with zero attached hydrogens (tertiary/aromatic N) is 2. The predicted octanol–water partition coefficient (Wildman–Crippen LogP) is 2.89. The van der Waals surface area contributed by atoms with Crippen molar-refractivity contribution in [2.24, 2.45) is 0 Å². The van der Waals surface area contributed by atoms with Crippen molar-refractivity contribution in [1.29, 1.82) is 0 Å². The van der Waals surface area contributed by atoms with Gasteiger partial charge in [-0.2, -0.15) is 0 Å². The predicted molar refractivity (Wildman–Crippen MR) is 97.6 cm³/mol. The van der Waals surface area contributed by atoms with Gasteiger partial charge in [0.1, 0.15) is 5.75 Å². The maximum Gasteiger partial charge on any atom is 0.317 e. The molecule has 1 unspecified atom stereocenters. The smallest absolute Gasteiger partial charge is 0.317 e. The van der Waals surface area contributed by atoms with Crippen molar-refractivity contribution in [3.05, 3.63) is 29.8 Å². The number of amides is 2. The fourth-order valence-corrected chi connectivity index (χ4v) is 3.04. The fourth-order valence-electron chi connectivity index (χ4n) is 3.04. The first-order valence-corrected chi connectivity index (χ1v) is 8.95.